The van der Waals surface area contributed by atoms with Gasteiger partial charge in [0.05, 0.1) is 5.25 Å². The Hall–Kier alpha value is -0.870. The van der Waals surface area contributed by atoms with Crippen LogP contribution in [0.25, 0.3) is 0 Å². The maximum absolute atomic E-state index is 11.7. The Morgan fingerprint density at radius 3 is 2.94 bits per heavy atom. The van der Waals surface area contributed by atoms with Crippen LogP contribution in [0.15, 0.2) is 23.1 Å². The van der Waals surface area contributed by atoms with Gasteiger partial charge in [-0.1, -0.05) is 18.5 Å². The van der Waals surface area contributed by atoms with Crippen molar-refractivity contribution in [2.75, 3.05) is 12.3 Å². The van der Waals surface area contributed by atoms with Gasteiger partial charge < -0.3 is 11.1 Å². The predicted octanol–water partition coefficient (Wildman–Crippen LogP) is 2.93. The summed E-state index contributed by atoms with van der Waals surface area (Å²) in [6, 6.07) is 5.27. The van der Waals surface area contributed by atoms with Gasteiger partial charge in [-0.25, -0.2) is 0 Å². The molecule has 0 saturated carbocycles. The first-order valence-electron chi connectivity index (χ1n) is 5.54. The molecule has 0 spiro atoms. The van der Waals surface area contributed by atoms with E-state index in [1.807, 2.05) is 13.8 Å². The van der Waals surface area contributed by atoms with Gasteiger partial charge in [-0.3, -0.25) is 4.79 Å². The Balaban J connectivity index is 2.64. The molecule has 0 saturated heterocycles. The van der Waals surface area contributed by atoms with Crippen molar-refractivity contribution in [3.05, 3.63) is 23.2 Å². The lowest BCUT2D eigenvalue weighted by molar-refractivity contribution is -0.120. The Labute approximate surface area is 111 Å². The summed E-state index contributed by atoms with van der Waals surface area (Å²) in [5, 5.41) is 3.30. The summed E-state index contributed by atoms with van der Waals surface area (Å²) in [6.07, 6.45) is 0.933. The molecule has 0 aliphatic carbocycles. The Bertz CT molecular complexity index is 398. The van der Waals surface area contributed by atoms with Gasteiger partial charge in [-0.05, 0) is 31.5 Å². The highest BCUT2D eigenvalue weighted by Gasteiger charge is 2.15. The van der Waals surface area contributed by atoms with Crippen LogP contribution < -0.4 is 11.1 Å². The maximum Gasteiger partial charge on any atom is 0.233 e. The van der Waals surface area contributed by atoms with Crippen molar-refractivity contribution in [3.8, 4) is 0 Å². The standard InChI is InChI=1S/C12H17ClN2OS/c1-3-6-15-12(16)8(2)17-11-7-9(13)4-5-10(11)14/h4-5,7-8H,3,6,14H2,1-2H3,(H,15,16). The number of thioether (sulfide) groups is 1. The SMILES string of the molecule is CCCNC(=O)C(C)Sc1cc(Cl)ccc1N. The van der Waals surface area contributed by atoms with Crippen LogP contribution in [0.3, 0.4) is 0 Å². The van der Waals surface area contributed by atoms with E-state index in [-0.39, 0.29) is 11.2 Å². The largest absolute Gasteiger partial charge is 0.398 e. The summed E-state index contributed by atoms with van der Waals surface area (Å²) < 4.78 is 0. The van der Waals surface area contributed by atoms with Crippen LogP contribution in [0.1, 0.15) is 20.3 Å². The van der Waals surface area contributed by atoms with Crippen LogP contribution >= 0.6 is 23.4 Å². The molecule has 5 heteroatoms. The van der Waals surface area contributed by atoms with Crippen LogP contribution in [-0.2, 0) is 4.79 Å². The minimum absolute atomic E-state index is 0.0243. The number of hydrogen-bond acceptors (Lipinski definition) is 3. The normalized spacial score (nSPS) is 12.2. The maximum atomic E-state index is 11.7. The highest BCUT2D eigenvalue weighted by molar-refractivity contribution is 8.00. The number of benzene rings is 1. The fourth-order valence-electron chi connectivity index (χ4n) is 1.25. The van der Waals surface area contributed by atoms with E-state index in [9.17, 15) is 4.79 Å². The van der Waals surface area contributed by atoms with Crippen molar-refractivity contribution in [2.24, 2.45) is 0 Å². The molecule has 1 rings (SSSR count). The highest BCUT2D eigenvalue weighted by atomic mass is 35.5. The summed E-state index contributed by atoms with van der Waals surface area (Å²) in [6.45, 7) is 4.58. The van der Waals surface area contributed by atoms with Gasteiger partial charge in [0, 0.05) is 22.2 Å². The minimum atomic E-state index is -0.178. The van der Waals surface area contributed by atoms with E-state index in [4.69, 9.17) is 17.3 Å². The summed E-state index contributed by atoms with van der Waals surface area (Å²) in [7, 11) is 0. The van der Waals surface area contributed by atoms with E-state index in [1.54, 1.807) is 18.2 Å². The van der Waals surface area contributed by atoms with Gasteiger partial charge in [-0.2, -0.15) is 0 Å². The fourth-order valence-corrected chi connectivity index (χ4v) is 2.45. The van der Waals surface area contributed by atoms with Gasteiger partial charge in [0.1, 0.15) is 0 Å². The zero-order valence-electron chi connectivity index (χ0n) is 10.00. The molecule has 1 unspecified atom stereocenters. The molecule has 94 valence electrons. The number of carbonyl (C=O) groups is 1. The minimum Gasteiger partial charge on any atom is -0.398 e. The van der Waals surface area contributed by atoms with Gasteiger partial charge in [0.2, 0.25) is 5.91 Å². The predicted molar refractivity (Wildman–Crippen MR) is 74.5 cm³/mol. The topological polar surface area (TPSA) is 55.1 Å². The van der Waals surface area contributed by atoms with Gasteiger partial charge in [0.25, 0.3) is 0 Å². The van der Waals surface area contributed by atoms with Gasteiger partial charge in [0.15, 0.2) is 0 Å². The van der Waals surface area contributed by atoms with Crippen molar-refractivity contribution in [1.82, 2.24) is 5.32 Å². The van der Waals surface area contributed by atoms with E-state index >= 15 is 0 Å². The lowest BCUT2D eigenvalue weighted by Crippen LogP contribution is -2.31. The van der Waals surface area contributed by atoms with Crippen LogP contribution in [0.2, 0.25) is 5.02 Å². The molecule has 0 aliphatic heterocycles. The molecule has 3 nitrogen and oxygen atoms in total. The highest BCUT2D eigenvalue weighted by Crippen LogP contribution is 2.31. The number of nitrogens with one attached hydrogen (secondary N) is 1. The molecule has 1 aromatic rings. The second-order valence-corrected chi connectivity index (χ2v) is 5.55. The molecule has 0 aliphatic rings. The second-order valence-electron chi connectivity index (χ2n) is 3.73. The van der Waals surface area contributed by atoms with Crippen molar-refractivity contribution in [3.63, 3.8) is 0 Å². The molecular weight excluding hydrogens is 256 g/mol. The number of halogens is 1. The number of carbonyl (C=O) groups excluding carboxylic acids is 1. The third-order valence-electron chi connectivity index (χ3n) is 2.20. The van der Waals surface area contributed by atoms with E-state index in [1.165, 1.54) is 11.8 Å². The smallest absolute Gasteiger partial charge is 0.233 e. The Morgan fingerprint density at radius 2 is 2.29 bits per heavy atom. The lowest BCUT2D eigenvalue weighted by Gasteiger charge is -2.13. The molecule has 0 radical (unpaired) electrons. The fraction of sp³-hybridized carbons (Fsp3) is 0.417. The van der Waals surface area contributed by atoms with E-state index < -0.39 is 0 Å². The average molecular weight is 273 g/mol. The molecule has 17 heavy (non-hydrogen) atoms. The molecule has 0 fully saturated rings. The monoisotopic (exact) mass is 272 g/mol. The molecule has 0 aromatic heterocycles. The average Bonchev–Trinajstić information content (AvgIpc) is 2.30. The second kappa shape index (κ2) is 6.77. The van der Waals surface area contributed by atoms with Crippen LogP contribution in [-0.4, -0.2) is 17.7 Å². The summed E-state index contributed by atoms with van der Waals surface area (Å²) in [5.41, 5.74) is 6.47. The van der Waals surface area contributed by atoms with Crippen molar-refractivity contribution in [1.29, 1.82) is 0 Å². The zero-order valence-corrected chi connectivity index (χ0v) is 11.6. The number of hydrogen-bond donors (Lipinski definition) is 2. The molecule has 1 aromatic carbocycles. The summed E-state index contributed by atoms with van der Waals surface area (Å²) in [5.74, 6) is 0.0243. The van der Waals surface area contributed by atoms with Crippen LogP contribution in [0.5, 0.6) is 0 Å². The zero-order chi connectivity index (χ0) is 12.8. The number of rotatable bonds is 5. The van der Waals surface area contributed by atoms with Crippen molar-refractivity contribution < 1.29 is 4.79 Å². The molecule has 0 bridgehead atoms. The first-order chi connectivity index (χ1) is 8.04. The lowest BCUT2D eigenvalue weighted by atomic mass is 10.3. The number of nitrogens with two attached hydrogens (primary N) is 1. The van der Waals surface area contributed by atoms with Crippen LogP contribution in [0.4, 0.5) is 5.69 Å². The van der Waals surface area contributed by atoms with E-state index in [2.05, 4.69) is 5.32 Å². The van der Waals surface area contributed by atoms with Gasteiger partial charge >= 0.3 is 0 Å². The molecule has 1 atom stereocenters. The van der Waals surface area contributed by atoms with E-state index in [0.717, 1.165) is 11.3 Å². The molecular formula is C12H17ClN2OS. The third kappa shape index (κ3) is 4.48. The quantitative estimate of drug-likeness (QED) is 0.640. The molecule has 0 heterocycles. The Kier molecular flexibility index (Phi) is 5.65. The molecule has 1 amide bonds. The molecule has 3 N–H and O–H groups in total. The van der Waals surface area contributed by atoms with Crippen molar-refractivity contribution >= 4 is 35.0 Å². The number of amides is 1. The first kappa shape index (κ1) is 14.2. The van der Waals surface area contributed by atoms with Gasteiger partial charge in [-0.15, -0.1) is 11.8 Å². The van der Waals surface area contributed by atoms with E-state index in [0.29, 0.717) is 17.3 Å². The third-order valence-corrected chi connectivity index (χ3v) is 3.61. The first-order valence-corrected chi connectivity index (χ1v) is 6.79. The van der Waals surface area contributed by atoms with Crippen LogP contribution in [0, 0.1) is 0 Å². The van der Waals surface area contributed by atoms with Crippen molar-refractivity contribution in [2.45, 2.75) is 30.4 Å². The number of anilines is 1. The number of nitrogen functional groups attached to an aromatic ring is 1. The summed E-state index contributed by atoms with van der Waals surface area (Å²) >= 11 is 7.32. The summed E-state index contributed by atoms with van der Waals surface area (Å²) in [4.78, 5) is 12.5. The Morgan fingerprint density at radius 1 is 1.59 bits per heavy atom.